The molecule has 7 heteroatoms. The van der Waals surface area contributed by atoms with Crippen LogP contribution in [0.15, 0.2) is 22.9 Å². The van der Waals surface area contributed by atoms with Gasteiger partial charge in [-0.25, -0.2) is 9.97 Å². The summed E-state index contributed by atoms with van der Waals surface area (Å²) < 4.78 is 2.01. The Hall–Kier alpha value is 0.0500. The van der Waals surface area contributed by atoms with Crippen LogP contribution in [-0.2, 0) is 0 Å². The highest BCUT2D eigenvalue weighted by atomic mass is 127. The van der Waals surface area contributed by atoms with E-state index in [0.717, 1.165) is 34.3 Å². The van der Waals surface area contributed by atoms with Crippen molar-refractivity contribution in [3.05, 3.63) is 41.6 Å². The van der Waals surface area contributed by atoms with E-state index in [9.17, 15) is 0 Å². The van der Waals surface area contributed by atoms with E-state index in [1.165, 1.54) is 6.33 Å². The van der Waals surface area contributed by atoms with Gasteiger partial charge in [0, 0.05) is 10.0 Å². The van der Waals surface area contributed by atoms with Crippen molar-refractivity contribution in [2.75, 3.05) is 0 Å². The fraction of sp³-hybridized carbons (Fsp3) is 0.0769. The van der Waals surface area contributed by atoms with E-state index in [-0.39, 0.29) is 0 Å². The fourth-order valence-electron chi connectivity index (χ4n) is 2.03. The van der Waals surface area contributed by atoms with Crippen LogP contribution in [-0.4, -0.2) is 9.97 Å². The van der Waals surface area contributed by atoms with Gasteiger partial charge in [-0.3, -0.25) is 0 Å². The molecule has 2 heterocycles. The van der Waals surface area contributed by atoms with Crippen LogP contribution in [0.3, 0.4) is 0 Å². The highest BCUT2D eigenvalue weighted by molar-refractivity contribution is 14.1. The van der Waals surface area contributed by atoms with E-state index in [4.69, 9.17) is 23.2 Å². The van der Waals surface area contributed by atoms with E-state index in [0.29, 0.717) is 10.2 Å². The first-order valence-electron chi connectivity index (χ1n) is 5.54. The Kier molecular flexibility index (Phi) is 4.25. The maximum Gasteiger partial charge on any atom is 0.141 e. The standard InChI is InChI=1S/C13H6BrCl2IN2S/c1-5-6(2-3-7(14)10(5)15)8-9-11(16)18-4-19-13(9)20-12(8)17/h2-4H,1H3. The first kappa shape index (κ1) is 15.0. The predicted octanol–water partition coefficient (Wildman–Crippen LogP) is 6.34. The molecule has 3 aromatic rings. The van der Waals surface area contributed by atoms with Crippen molar-refractivity contribution in [1.82, 2.24) is 9.97 Å². The Balaban J connectivity index is 2.41. The minimum absolute atomic E-state index is 0.475. The number of rotatable bonds is 1. The lowest BCUT2D eigenvalue weighted by atomic mass is 10.0. The van der Waals surface area contributed by atoms with Crippen molar-refractivity contribution in [3.8, 4) is 11.1 Å². The third-order valence-corrected chi connectivity index (χ3v) is 6.76. The summed E-state index contributed by atoms with van der Waals surface area (Å²) in [4.78, 5) is 9.28. The Labute approximate surface area is 151 Å². The predicted molar refractivity (Wildman–Crippen MR) is 98.0 cm³/mol. The van der Waals surface area contributed by atoms with Crippen LogP contribution in [0.4, 0.5) is 0 Å². The number of fused-ring (bicyclic) bond motifs is 1. The van der Waals surface area contributed by atoms with Crippen LogP contribution in [0.5, 0.6) is 0 Å². The number of aromatic nitrogens is 2. The third kappa shape index (κ3) is 2.37. The smallest absolute Gasteiger partial charge is 0.141 e. The summed E-state index contributed by atoms with van der Waals surface area (Å²) in [6.07, 6.45) is 1.49. The average molecular weight is 500 g/mol. The lowest BCUT2D eigenvalue weighted by molar-refractivity contribution is 1.23. The van der Waals surface area contributed by atoms with Crippen LogP contribution in [0.2, 0.25) is 10.2 Å². The van der Waals surface area contributed by atoms with Crippen molar-refractivity contribution in [2.45, 2.75) is 6.92 Å². The molecule has 0 atom stereocenters. The molecular formula is C13H6BrCl2IN2S. The first-order chi connectivity index (χ1) is 9.50. The van der Waals surface area contributed by atoms with E-state index in [1.54, 1.807) is 11.3 Å². The maximum atomic E-state index is 6.33. The molecular weight excluding hydrogens is 494 g/mol. The molecule has 0 saturated carbocycles. The number of thiophene rings is 1. The Bertz CT molecular complexity index is 835. The van der Waals surface area contributed by atoms with Gasteiger partial charge in [-0.15, -0.1) is 11.3 Å². The van der Waals surface area contributed by atoms with Gasteiger partial charge < -0.3 is 0 Å². The van der Waals surface area contributed by atoms with E-state index < -0.39 is 0 Å². The van der Waals surface area contributed by atoms with Gasteiger partial charge >= 0.3 is 0 Å². The number of hydrogen-bond acceptors (Lipinski definition) is 3. The number of hydrogen-bond donors (Lipinski definition) is 0. The summed E-state index contributed by atoms with van der Waals surface area (Å²) in [5.74, 6) is 0. The van der Waals surface area contributed by atoms with Crippen LogP contribution >= 0.6 is 73.1 Å². The monoisotopic (exact) mass is 498 g/mol. The minimum atomic E-state index is 0.475. The second kappa shape index (κ2) is 5.68. The van der Waals surface area contributed by atoms with Crippen LogP contribution in [0.1, 0.15) is 5.56 Å². The highest BCUT2D eigenvalue weighted by Gasteiger charge is 2.19. The van der Waals surface area contributed by atoms with Gasteiger partial charge in [-0.2, -0.15) is 0 Å². The molecule has 0 aliphatic carbocycles. The number of nitrogens with zero attached hydrogens (tertiary/aromatic N) is 2. The van der Waals surface area contributed by atoms with Crippen molar-refractivity contribution in [1.29, 1.82) is 0 Å². The van der Waals surface area contributed by atoms with E-state index in [1.807, 2.05) is 19.1 Å². The number of benzene rings is 1. The maximum absolute atomic E-state index is 6.33. The van der Waals surface area contributed by atoms with Crippen molar-refractivity contribution >= 4 is 83.3 Å². The van der Waals surface area contributed by atoms with E-state index in [2.05, 4.69) is 48.5 Å². The molecule has 102 valence electrons. The van der Waals surface area contributed by atoms with Crippen molar-refractivity contribution in [3.63, 3.8) is 0 Å². The molecule has 0 amide bonds. The van der Waals surface area contributed by atoms with Crippen molar-refractivity contribution in [2.24, 2.45) is 0 Å². The second-order valence-corrected chi connectivity index (χ2v) is 8.53. The van der Waals surface area contributed by atoms with E-state index >= 15 is 0 Å². The summed E-state index contributed by atoms with van der Waals surface area (Å²) in [5.41, 5.74) is 3.13. The molecule has 1 aromatic carbocycles. The fourth-order valence-corrected chi connectivity index (χ4v) is 4.98. The lowest BCUT2D eigenvalue weighted by Crippen LogP contribution is -1.88. The second-order valence-electron chi connectivity index (χ2n) is 4.13. The first-order valence-corrected chi connectivity index (χ1v) is 8.98. The molecule has 2 aromatic heterocycles. The number of halogens is 4. The van der Waals surface area contributed by atoms with Crippen LogP contribution in [0, 0.1) is 9.81 Å². The molecule has 20 heavy (non-hydrogen) atoms. The van der Waals surface area contributed by atoms with Gasteiger partial charge in [-0.05, 0) is 62.6 Å². The van der Waals surface area contributed by atoms with Gasteiger partial charge in [0.1, 0.15) is 16.3 Å². The summed E-state index contributed by atoms with van der Waals surface area (Å²) in [7, 11) is 0. The molecule has 0 spiro atoms. The lowest BCUT2D eigenvalue weighted by Gasteiger charge is -2.09. The molecule has 0 aliphatic heterocycles. The summed E-state index contributed by atoms with van der Waals surface area (Å²) in [6.45, 7) is 2.00. The topological polar surface area (TPSA) is 25.8 Å². The Morgan fingerprint density at radius 2 is 2.00 bits per heavy atom. The molecule has 3 rings (SSSR count). The zero-order chi connectivity index (χ0) is 14.4. The Morgan fingerprint density at radius 3 is 2.75 bits per heavy atom. The minimum Gasteiger partial charge on any atom is -0.225 e. The highest BCUT2D eigenvalue weighted by Crippen LogP contribution is 2.44. The zero-order valence-corrected chi connectivity index (χ0v) is 16.1. The molecule has 0 aliphatic rings. The quantitative estimate of drug-likeness (QED) is 0.288. The molecule has 0 N–H and O–H groups in total. The van der Waals surface area contributed by atoms with Gasteiger partial charge in [0.25, 0.3) is 0 Å². The largest absolute Gasteiger partial charge is 0.225 e. The molecule has 0 saturated heterocycles. The molecule has 2 nitrogen and oxygen atoms in total. The van der Waals surface area contributed by atoms with Gasteiger partial charge in [0.15, 0.2) is 0 Å². The normalized spacial score (nSPS) is 11.2. The Morgan fingerprint density at radius 1 is 1.25 bits per heavy atom. The molecule has 0 radical (unpaired) electrons. The van der Waals surface area contributed by atoms with Gasteiger partial charge in [0.2, 0.25) is 0 Å². The molecule has 0 unspecified atom stereocenters. The molecule has 0 bridgehead atoms. The average Bonchev–Trinajstić information content (AvgIpc) is 2.74. The summed E-state index contributed by atoms with van der Waals surface area (Å²) in [5, 5.41) is 2.08. The SMILES string of the molecule is Cc1c(-c2c(I)sc3ncnc(Cl)c23)ccc(Br)c1Cl. The zero-order valence-electron chi connectivity index (χ0n) is 10.0. The summed E-state index contributed by atoms with van der Waals surface area (Å²) in [6, 6.07) is 3.99. The van der Waals surface area contributed by atoms with Gasteiger partial charge in [-0.1, -0.05) is 29.3 Å². The van der Waals surface area contributed by atoms with Crippen molar-refractivity contribution < 1.29 is 0 Å². The summed E-state index contributed by atoms with van der Waals surface area (Å²) >= 11 is 19.9. The third-order valence-electron chi connectivity index (χ3n) is 3.01. The molecule has 0 fully saturated rings. The van der Waals surface area contributed by atoms with Gasteiger partial charge in [0.05, 0.1) is 13.3 Å². The van der Waals surface area contributed by atoms with Crippen LogP contribution < -0.4 is 0 Å². The van der Waals surface area contributed by atoms with Crippen LogP contribution in [0.25, 0.3) is 21.3 Å².